The topological polar surface area (TPSA) is 101 Å². The van der Waals surface area contributed by atoms with Gasteiger partial charge < -0.3 is 14.6 Å². The van der Waals surface area contributed by atoms with Crippen LogP contribution in [0.2, 0.25) is 0 Å². The summed E-state index contributed by atoms with van der Waals surface area (Å²) in [4.78, 5) is 46.0. The molecule has 1 aliphatic heterocycles. The molecule has 0 N–H and O–H groups in total. The van der Waals surface area contributed by atoms with Gasteiger partial charge in [0, 0.05) is 43.9 Å². The zero-order chi connectivity index (χ0) is 23.1. The van der Waals surface area contributed by atoms with Crippen LogP contribution in [0.25, 0.3) is 0 Å². The Morgan fingerprint density at radius 1 is 1.03 bits per heavy atom. The van der Waals surface area contributed by atoms with Gasteiger partial charge in [-0.25, -0.2) is 8.78 Å². The molecule has 2 aromatic carbocycles. The number of benzene rings is 2. The van der Waals surface area contributed by atoms with Gasteiger partial charge in [0.25, 0.3) is 11.6 Å². The summed E-state index contributed by atoms with van der Waals surface area (Å²) in [5.41, 5.74) is -0.134. The predicted molar refractivity (Wildman–Crippen MR) is 109 cm³/mol. The zero-order valence-electron chi connectivity index (χ0n) is 17.0. The van der Waals surface area contributed by atoms with Crippen molar-refractivity contribution < 1.29 is 28.1 Å². The lowest BCUT2D eigenvalue weighted by atomic mass is 10.1. The van der Waals surface area contributed by atoms with E-state index < -0.39 is 22.5 Å². The van der Waals surface area contributed by atoms with Crippen molar-refractivity contribution in [1.29, 1.82) is 0 Å². The third-order valence-corrected chi connectivity index (χ3v) is 4.65. The van der Waals surface area contributed by atoms with Gasteiger partial charge in [-0.1, -0.05) is 0 Å². The van der Waals surface area contributed by atoms with Gasteiger partial charge in [0.1, 0.15) is 17.9 Å². The van der Waals surface area contributed by atoms with Crippen molar-refractivity contribution in [2.45, 2.75) is 13.8 Å². The van der Waals surface area contributed by atoms with Crippen molar-refractivity contribution in [1.82, 2.24) is 4.90 Å². The summed E-state index contributed by atoms with van der Waals surface area (Å²) < 4.78 is 28.3. The summed E-state index contributed by atoms with van der Waals surface area (Å²) >= 11 is 0. The molecule has 1 amide bonds. The fraction of sp³-hybridized carbons (Fsp3) is 0.286. The van der Waals surface area contributed by atoms with Crippen molar-refractivity contribution in [2.24, 2.45) is 0 Å². The zero-order valence-corrected chi connectivity index (χ0v) is 17.0. The number of carbonyl (C=O) groups excluding carboxylic acids is 3. The minimum absolute atomic E-state index is 0.203. The molecule has 164 valence electrons. The highest BCUT2D eigenvalue weighted by atomic mass is 19.1. The number of hydrogen-bond donors (Lipinski definition) is 0. The summed E-state index contributed by atoms with van der Waals surface area (Å²) in [7, 11) is 0. The van der Waals surface area contributed by atoms with E-state index in [1.807, 2.05) is 0 Å². The molecular formula is C21H21F2N3O5. The van der Waals surface area contributed by atoms with Gasteiger partial charge in [-0.15, -0.1) is 0 Å². The first kappa shape index (κ1) is 23.6. The molecule has 0 unspecified atom stereocenters. The number of non-ortho nitro benzene ring substituents is 1. The van der Waals surface area contributed by atoms with Crippen LogP contribution in [0.3, 0.4) is 0 Å². The van der Waals surface area contributed by atoms with Crippen LogP contribution in [-0.2, 0) is 4.79 Å². The Labute approximate surface area is 177 Å². The number of ketones is 1. The van der Waals surface area contributed by atoms with E-state index in [1.54, 1.807) is 4.90 Å². The minimum atomic E-state index is -0.830. The first-order valence-corrected chi connectivity index (χ1v) is 9.38. The van der Waals surface area contributed by atoms with Crippen molar-refractivity contribution in [2.75, 3.05) is 31.1 Å². The Balaban J connectivity index is 0.00000107. The Hall–Kier alpha value is -3.69. The summed E-state index contributed by atoms with van der Waals surface area (Å²) in [6, 6.07) is 7.05. The molecule has 8 nitrogen and oxygen atoms in total. The maximum atomic E-state index is 14.3. The molecule has 0 spiro atoms. The molecule has 1 fully saturated rings. The number of rotatable bonds is 4. The fourth-order valence-electron chi connectivity index (χ4n) is 3.09. The van der Waals surface area contributed by atoms with Crippen LogP contribution in [-0.4, -0.2) is 54.0 Å². The number of aldehydes is 1. The number of anilines is 1. The second kappa shape index (κ2) is 10.4. The maximum absolute atomic E-state index is 14.3. The molecule has 2 aromatic rings. The molecule has 1 saturated heterocycles. The van der Waals surface area contributed by atoms with E-state index in [0.29, 0.717) is 18.8 Å². The quantitative estimate of drug-likeness (QED) is 0.318. The van der Waals surface area contributed by atoms with Gasteiger partial charge in [0.2, 0.25) is 0 Å². The van der Waals surface area contributed by atoms with Crippen molar-refractivity contribution in [3.8, 4) is 0 Å². The summed E-state index contributed by atoms with van der Waals surface area (Å²) in [5.74, 6) is -2.24. The van der Waals surface area contributed by atoms with Gasteiger partial charge in [-0.05, 0) is 38.1 Å². The number of Topliss-reactive ketones (excluding diaryl/α,β-unsaturated/α-hetero) is 1. The maximum Gasteiger partial charge on any atom is 0.270 e. The lowest BCUT2D eigenvalue weighted by molar-refractivity contribution is -0.384. The third-order valence-electron chi connectivity index (χ3n) is 4.65. The van der Waals surface area contributed by atoms with E-state index >= 15 is 0 Å². The molecule has 1 heterocycles. The van der Waals surface area contributed by atoms with Crippen LogP contribution in [0.5, 0.6) is 0 Å². The Bertz CT molecular complexity index is 1000. The van der Waals surface area contributed by atoms with Crippen LogP contribution in [0.1, 0.15) is 34.6 Å². The van der Waals surface area contributed by atoms with Crippen LogP contribution >= 0.6 is 0 Å². The summed E-state index contributed by atoms with van der Waals surface area (Å²) in [6.45, 7) is 3.81. The minimum Gasteiger partial charge on any atom is -0.366 e. The summed E-state index contributed by atoms with van der Waals surface area (Å²) in [6.07, 6.45) is 0.750. The summed E-state index contributed by atoms with van der Waals surface area (Å²) in [5, 5.41) is 10.9. The predicted octanol–water partition coefficient (Wildman–Crippen LogP) is 3.24. The van der Waals surface area contributed by atoms with E-state index in [4.69, 9.17) is 4.79 Å². The normalized spacial score (nSPS) is 13.2. The lowest BCUT2D eigenvalue weighted by Gasteiger charge is -2.36. The molecule has 0 atom stereocenters. The number of nitro groups is 1. The number of nitro benzene ring substituents is 1. The highest BCUT2D eigenvalue weighted by Gasteiger charge is 2.26. The number of piperazine rings is 1. The second-order valence-corrected chi connectivity index (χ2v) is 6.66. The largest absolute Gasteiger partial charge is 0.366 e. The highest BCUT2D eigenvalue weighted by Crippen LogP contribution is 2.24. The molecule has 0 bridgehead atoms. The van der Waals surface area contributed by atoms with Crippen molar-refractivity contribution >= 4 is 29.4 Å². The average molecular weight is 433 g/mol. The van der Waals surface area contributed by atoms with E-state index in [2.05, 4.69) is 0 Å². The first-order chi connectivity index (χ1) is 14.7. The van der Waals surface area contributed by atoms with Crippen LogP contribution in [0, 0.1) is 21.7 Å². The number of amides is 1. The van der Waals surface area contributed by atoms with E-state index in [9.17, 15) is 28.5 Å². The van der Waals surface area contributed by atoms with Crippen molar-refractivity contribution in [3.05, 3.63) is 69.3 Å². The fourth-order valence-corrected chi connectivity index (χ4v) is 3.09. The molecular weight excluding hydrogens is 412 g/mol. The van der Waals surface area contributed by atoms with Crippen molar-refractivity contribution in [3.63, 3.8) is 0 Å². The van der Waals surface area contributed by atoms with E-state index in [0.717, 1.165) is 24.5 Å². The standard InChI is InChI=1S/C19H17F2N3O4.C2H4O/c1-12(25)13-2-5-18(17(21)10-13)22-6-8-23(9-7-22)19(26)15-11-14(24(27)28)3-4-16(15)20;1-2-3/h2-5,10-11H,6-9H2,1H3;2H,1H3. The van der Waals surface area contributed by atoms with E-state index in [-0.39, 0.29) is 35.7 Å². The van der Waals surface area contributed by atoms with Crippen LogP contribution < -0.4 is 4.90 Å². The highest BCUT2D eigenvalue weighted by molar-refractivity contribution is 5.95. The second-order valence-electron chi connectivity index (χ2n) is 6.66. The average Bonchev–Trinajstić information content (AvgIpc) is 2.74. The molecule has 0 aromatic heterocycles. The molecule has 10 heteroatoms. The SMILES string of the molecule is CC(=O)c1ccc(N2CCN(C(=O)c3cc([N+](=O)[O-])ccc3F)CC2)c(F)c1.CC=O. The monoisotopic (exact) mass is 433 g/mol. The van der Waals surface area contributed by atoms with Gasteiger partial charge in [-0.3, -0.25) is 19.7 Å². The van der Waals surface area contributed by atoms with E-state index in [1.165, 1.54) is 36.9 Å². The van der Waals surface area contributed by atoms with Crippen LogP contribution in [0.15, 0.2) is 36.4 Å². The van der Waals surface area contributed by atoms with Crippen LogP contribution in [0.4, 0.5) is 20.2 Å². The number of nitrogens with zero attached hydrogens (tertiary/aromatic N) is 3. The molecule has 3 rings (SSSR count). The Kier molecular flexibility index (Phi) is 7.89. The van der Waals surface area contributed by atoms with Gasteiger partial charge in [0.05, 0.1) is 16.2 Å². The Morgan fingerprint density at radius 2 is 1.65 bits per heavy atom. The lowest BCUT2D eigenvalue weighted by Crippen LogP contribution is -2.49. The number of carbonyl (C=O) groups is 3. The van der Waals surface area contributed by atoms with Gasteiger partial charge >= 0.3 is 0 Å². The Morgan fingerprint density at radius 3 is 2.16 bits per heavy atom. The third kappa shape index (κ3) is 5.68. The van der Waals surface area contributed by atoms with Gasteiger partial charge in [-0.2, -0.15) is 0 Å². The van der Waals surface area contributed by atoms with Gasteiger partial charge in [0.15, 0.2) is 5.78 Å². The molecule has 0 radical (unpaired) electrons. The number of halogens is 2. The molecule has 0 aliphatic carbocycles. The molecule has 0 saturated carbocycles. The smallest absolute Gasteiger partial charge is 0.270 e. The molecule has 31 heavy (non-hydrogen) atoms. The first-order valence-electron chi connectivity index (χ1n) is 9.38. The molecule has 1 aliphatic rings. The number of hydrogen-bond acceptors (Lipinski definition) is 6.